The van der Waals surface area contributed by atoms with Crippen molar-refractivity contribution in [3.63, 3.8) is 0 Å². The van der Waals surface area contributed by atoms with Crippen LogP contribution in [0.25, 0.3) is 0 Å². The standard InChI is InChI=1S/C13H16AtFN2O5/c1-5(18)17-10-8-6(4-7(13(19)20)14(8)16)11(21-2)9(15)12(10)22-3/h7H,4,16H2,1-3H3,(H,17,18)(H,19,20). The molecule has 4 N–H and O–H groups in total. The fraction of sp³-hybridized carbons (Fsp3) is 0.385. The zero-order chi connectivity index (χ0) is 16.6. The van der Waals surface area contributed by atoms with Crippen molar-refractivity contribution in [3.05, 3.63) is 11.4 Å². The van der Waals surface area contributed by atoms with Crippen molar-refractivity contribution in [2.24, 2.45) is 3.68 Å². The molecule has 1 amide bonds. The molecule has 0 aromatic heterocycles. The normalized spacial score (nSPS) is 17.9. The Balaban J connectivity index is 2.76. The van der Waals surface area contributed by atoms with Crippen molar-refractivity contribution in [2.45, 2.75) is 17.0 Å². The van der Waals surface area contributed by atoms with Gasteiger partial charge < -0.3 is 0 Å². The summed E-state index contributed by atoms with van der Waals surface area (Å²) in [5.41, 5.74) is 0.557. The van der Waals surface area contributed by atoms with E-state index in [1.807, 2.05) is 0 Å². The molecule has 0 radical (unpaired) electrons. The summed E-state index contributed by atoms with van der Waals surface area (Å²) in [4.78, 5) is 22.8. The Morgan fingerprint density at radius 1 is 1.36 bits per heavy atom. The Kier molecular flexibility index (Phi) is 4.87. The molecule has 122 valence electrons. The second-order valence-corrected chi connectivity index (χ2v) is 10.8. The molecule has 1 atom stereocenters. The molecule has 0 aliphatic carbocycles. The Morgan fingerprint density at radius 3 is 2.41 bits per heavy atom. The SMILES string of the molecule is COc1c(F)c(OC)c(NC(C)=O)c2c1CC(C(=O)O)[At]2N. The van der Waals surface area contributed by atoms with Crippen LogP contribution in [0.4, 0.5) is 10.1 Å². The Bertz CT molecular complexity index is 652. The van der Waals surface area contributed by atoms with Crippen molar-refractivity contribution in [2.75, 3.05) is 19.5 Å². The van der Waals surface area contributed by atoms with E-state index in [2.05, 4.69) is 5.32 Å². The summed E-state index contributed by atoms with van der Waals surface area (Å²) in [5, 5.41) is 11.8. The molecule has 1 aromatic carbocycles. The zero-order valence-electron chi connectivity index (χ0n) is 12.2. The van der Waals surface area contributed by atoms with E-state index in [4.69, 9.17) is 13.2 Å². The summed E-state index contributed by atoms with van der Waals surface area (Å²) in [7, 11) is 2.56. The number of benzene rings is 1. The summed E-state index contributed by atoms with van der Waals surface area (Å²) < 4.78 is 30.6. The fourth-order valence-corrected chi connectivity index (χ4v) is 8.47. The third kappa shape index (κ3) is 2.63. The van der Waals surface area contributed by atoms with Crippen molar-refractivity contribution < 1.29 is 50.6 Å². The van der Waals surface area contributed by atoms with Crippen LogP contribution in [0.1, 0.15) is 12.5 Å². The molecule has 0 spiro atoms. The van der Waals surface area contributed by atoms with Gasteiger partial charge in [-0.3, -0.25) is 0 Å². The number of carbonyl (C=O) groups excluding carboxylic acids is 1. The van der Waals surface area contributed by atoms with E-state index in [-0.39, 0.29) is 23.6 Å². The molecule has 2 rings (SSSR count). The number of amides is 1. The van der Waals surface area contributed by atoms with Crippen molar-refractivity contribution in [1.29, 1.82) is 0 Å². The van der Waals surface area contributed by atoms with Crippen LogP contribution < -0.4 is 21.7 Å². The van der Waals surface area contributed by atoms with Crippen LogP contribution in [-0.4, -0.2) is 31.2 Å². The van der Waals surface area contributed by atoms with Gasteiger partial charge in [-0.05, 0) is 0 Å². The van der Waals surface area contributed by atoms with E-state index >= 15 is 0 Å². The third-order valence-corrected chi connectivity index (χ3v) is 10.1. The van der Waals surface area contributed by atoms with Crippen LogP contribution in [0, 0.1) is 27.9 Å². The van der Waals surface area contributed by atoms with E-state index in [1.54, 1.807) is 0 Å². The van der Waals surface area contributed by atoms with Gasteiger partial charge in [0.05, 0.1) is 0 Å². The Hall–Kier alpha value is -1.47. The molecule has 0 bridgehead atoms. The quantitative estimate of drug-likeness (QED) is 0.541. The van der Waals surface area contributed by atoms with E-state index in [0.29, 0.717) is 8.83 Å². The van der Waals surface area contributed by atoms with Gasteiger partial charge >= 0.3 is 134 Å². The number of carboxylic acids is 1. The fourth-order valence-electron chi connectivity index (χ4n) is 2.39. The van der Waals surface area contributed by atoms with Gasteiger partial charge in [0.2, 0.25) is 0 Å². The van der Waals surface area contributed by atoms with Crippen LogP contribution in [0.2, 0.25) is 3.63 Å². The number of ether oxygens (including phenoxy) is 2. The Labute approximate surface area is 134 Å². The van der Waals surface area contributed by atoms with Crippen LogP contribution in [0.5, 0.6) is 11.5 Å². The number of aliphatic carboxylic acids is 1. The average Bonchev–Trinajstić information content (AvgIpc) is 2.77. The molecule has 1 heterocycles. The number of anilines is 1. The molecule has 1 aliphatic rings. The number of fused-ring (bicyclic) bond motifs is 1. The number of carboxylic acid groups (broad SMARTS) is 1. The van der Waals surface area contributed by atoms with Crippen molar-refractivity contribution in [1.82, 2.24) is 0 Å². The summed E-state index contributed by atoms with van der Waals surface area (Å²) in [6, 6.07) is 0. The Morgan fingerprint density at radius 2 is 1.95 bits per heavy atom. The molecule has 1 aromatic rings. The van der Waals surface area contributed by atoms with Gasteiger partial charge in [0.15, 0.2) is 0 Å². The second-order valence-electron chi connectivity index (χ2n) is 4.58. The van der Waals surface area contributed by atoms with Gasteiger partial charge in [0.1, 0.15) is 0 Å². The molecule has 1 aliphatic heterocycles. The van der Waals surface area contributed by atoms with Crippen LogP contribution in [-0.2, 0) is 16.0 Å². The monoisotopic (exact) mass is 509 g/mol. The molecule has 0 saturated heterocycles. The molecule has 0 saturated carbocycles. The van der Waals surface area contributed by atoms with Crippen LogP contribution in [0.15, 0.2) is 0 Å². The number of halogens is 1. The van der Waals surface area contributed by atoms with E-state index in [9.17, 15) is 19.1 Å². The third-order valence-electron chi connectivity index (χ3n) is 3.25. The van der Waals surface area contributed by atoms with Gasteiger partial charge in [0, 0.05) is 0 Å². The summed E-state index contributed by atoms with van der Waals surface area (Å²) in [6.07, 6.45) is 0.0987. The second kappa shape index (κ2) is 6.34. The van der Waals surface area contributed by atoms with E-state index in [1.165, 1.54) is 21.1 Å². The molecule has 0 fully saturated rings. The van der Waals surface area contributed by atoms with Gasteiger partial charge in [-0.15, -0.1) is 0 Å². The van der Waals surface area contributed by atoms with E-state index < -0.39 is 43.4 Å². The number of hydrogen-bond acceptors (Lipinski definition) is 5. The number of hydrogen-bond donors (Lipinski definition) is 3. The van der Waals surface area contributed by atoms with Gasteiger partial charge in [-0.1, -0.05) is 0 Å². The van der Waals surface area contributed by atoms with Gasteiger partial charge in [0.25, 0.3) is 0 Å². The molecule has 7 nitrogen and oxygen atoms in total. The first kappa shape index (κ1) is 16.9. The van der Waals surface area contributed by atoms with E-state index in [0.717, 1.165) is 0 Å². The average molecular weight is 509 g/mol. The number of nitrogens with two attached hydrogens (primary N) is 1. The van der Waals surface area contributed by atoms with Gasteiger partial charge in [-0.25, -0.2) is 0 Å². The minimum absolute atomic E-state index is 0.0647. The maximum atomic E-state index is 14.5. The number of carbonyl (C=O) groups is 2. The molecule has 9 heteroatoms. The first-order valence-corrected chi connectivity index (χ1v) is 11.1. The minimum atomic E-state index is -2.98. The summed E-state index contributed by atoms with van der Waals surface area (Å²) in [6.45, 7) is 1.27. The van der Waals surface area contributed by atoms with Gasteiger partial charge in [-0.2, -0.15) is 0 Å². The van der Waals surface area contributed by atoms with Crippen molar-refractivity contribution >= 4 is 20.8 Å². The number of methoxy groups -OCH3 is 2. The first-order chi connectivity index (χ1) is 10.3. The molecular formula is C13H16AtFN2O5. The molecule has 1 unspecified atom stereocenters. The number of rotatable bonds is 4. The predicted molar refractivity (Wildman–Crippen MR) is 72.7 cm³/mol. The predicted octanol–water partition coefficient (Wildman–Crippen LogP) is 0.350. The summed E-state index contributed by atoms with van der Waals surface area (Å²) >= 11 is -2.98. The van der Waals surface area contributed by atoms with Crippen LogP contribution >= 0.6 is 0 Å². The molecule has 22 heavy (non-hydrogen) atoms. The van der Waals surface area contributed by atoms with Crippen molar-refractivity contribution in [3.8, 4) is 11.5 Å². The zero-order valence-corrected chi connectivity index (χ0v) is 15.1. The first-order valence-electron chi connectivity index (χ1n) is 6.22. The maximum absolute atomic E-state index is 14.5. The molecular weight excluding hydrogens is 493 g/mol. The summed E-state index contributed by atoms with van der Waals surface area (Å²) in [5.74, 6) is -2.45. The topological polar surface area (TPSA) is 111 Å². The number of nitrogens with one attached hydrogen (secondary N) is 1. The van der Waals surface area contributed by atoms with Crippen LogP contribution in [0.3, 0.4) is 0 Å².